The van der Waals surface area contributed by atoms with Gasteiger partial charge in [-0.25, -0.2) is 0 Å². The first kappa shape index (κ1) is 20.6. The van der Waals surface area contributed by atoms with Crippen molar-refractivity contribution in [2.24, 2.45) is 0 Å². The Morgan fingerprint density at radius 3 is 2.48 bits per heavy atom. The van der Waals surface area contributed by atoms with E-state index in [2.05, 4.69) is 15.2 Å². The Labute approximate surface area is 164 Å². The number of morpholine rings is 1. The minimum atomic E-state index is -4.78. The molecule has 0 spiro atoms. The summed E-state index contributed by atoms with van der Waals surface area (Å²) in [6.07, 6.45) is -4.78. The zero-order chi connectivity index (χ0) is 21.0. The van der Waals surface area contributed by atoms with Crippen LogP contribution in [0.4, 0.5) is 18.9 Å². The van der Waals surface area contributed by atoms with Crippen LogP contribution in [0.15, 0.2) is 30.3 Å². The number of halogens is 3. The Bertz CT molecular complexity index is 874. The van der Waals surface area contributed by atoms with Crippen molar-refractivity contribution < 1.29 is 32.2 Å². The zero-order valence-corrected chi connectivity index (χ0v) is 15.5. The van der Waals surface area contributed by atoms with E-state index in [1.807, 2.05) is 0 Å². The van der Waals surface area contributed by atoms with Gasteiger partial charge in [-0.2, -0.15) is 5.10 Å². The molecule has 29 heavy (non-hydrogen) atoms. The molecule has 1 aliphatic rings. The summed E-state index contributed by atoms with van der Waals surface area (Å²) in [6, 6.07) is 6.39. The Morgan fingerprint density at radius 2 is 1.86 bits per heavy atom. The Hall–Kier alpha value is -3.08. The van der Waals surface area contributed by atoms with Gasteiger partial charge in [-0.3, -0.25) is 14.3 Å². The molecule has 0 saturated carbocycles. The van der Waals surface area contributed by atoms with Gasteiger partial charge in [-0.05, 0) is 37.3 Å². The van der Waals surface area contributed by atoms with E-state index in [1.165, 1.54) is 16.8 Å². The maximum Gasteiger partial charge on any atom is 0.573 e. The summed E-state index contributed by atoms with van der Waals surface area (Å²) in [5.41, 5.74) is 1.18. The molecule has 1 N–H and O–H groups in total. The van der Waals surface area contributed by atoms with Gasteiger partial charge in [0.15, 0.2) is 5.69 Å². The van der Waals surface area contributed by atoms with E-state index in [1.54, 1.807) is 17.9 Å². The van der Waals surface area contributed by atoms with Crippen LogP contribution >= 0.6 is 0 Å². The van der Waals surface area contributed by atoms with Crippen molar-refractivity contribution in [2.45, 2.75) is 19.8 Å². The highest BCUT2D eigenvalue weighted by Crippen LogP contribution is 2.24. The lowest BCUT2D eigenvalue weighted by atomic mass is 10.3. The number of alkyl halides is 3. The van der Waals surface area contributed by atoms with Crippen molar-refractivity contribution >= 4 is 17.5 Å². The van der Waals surface area contributed by atoms with Gasteiger partial charge >= 0.3 is 6.36 Å². The molecule has 1 fully saturated rings. The minimum absolute atomic E-state index is 0.150. The van der Waals surface area contributed by atoms with Crippen LogP contribution in [0.5, 0.6) is 5.75 Å². The lowest BCUT2D eigenvalue weighted by molar-refractivity contribution is -0.274. The topological polar surface area (TPSA) is 85.7 Å². The third-order valence-electron chi connectivity index (χ3n) is 4.16. The monoisotopic (exact) mass is 412 g/mol. The molecule has 2 heterocycles. The van der Waals surface area contributed by atoms with Crippen molar-refractivity contribution in [2.75, 3.05) is 31.6 Å². The van der Waals surface area contributed by atoms with E-state index in [9.17, 15) is 22.8 Å². The lowest BCUT2D eigenvalue weighted by Crippen LogP contribution is -2.40. The van der Waals surface area contributed by atoms with Gasteiger partial charge < -0.3 is 19.7 Å². The lowest BCUT2D eigenvalue weighted by Gasteiger charge is -2.25. The SMILES string of the molecule is Cc1cc(C(=O)N2CCOCC2)nn1CC(=O)Nc1ccc(OC(F)(F)F)cc1. The van der Waals surface area contributed by atoms with E-state index in [4.69, 9.17) is 4.74 Å². The molecule has 0 bridgehead atoms. The van der Waals surface area contributed by atoms with Gasteiger partial charge in [-0.1, -0.05) is 0 Å². The van der Waals surface area contributed by atoms with Crippen LogP contribution in [-0.4, -0.2) is 59.2 Å². The summed E-state index contributed by atoms with van der Waals surface area (Å²) in [5.74, 6) is -1.05. The maximum absolute atomic E-state index is 12.5. The van der Waals surface area contributed by atoms with Crippen LogP contribution in [0, 0.1) is 6.92 Å². The molecule has 8 nitrogen and oxygen atoms in total. The summed E-state index contributed by atoms with van der Waals surface area (Å²) in [6.45, 7) is 3.49. The molecule has 2 aromatic rings. The van der Waals surface area contributed by atoms with Gasteiger partial charge in [0.2, 0.25) is 5.91 Å². The standard InChI is InChI=1S/C18H19F3N4O4/c1-12-10-15(17(27)24-6-8-28-9-7-24)23-25(12)11-16(26)22-13-2-4-14(5-3-13)29-18(19,20)21/h2-5,10H,6-9,11H2,1H3,(H,22,26). The number of nitrogens with one attached hydrogen (secondary N) is 1. The highest BCUT2D eigenvalue weighted by atomic mass is 19.4. The molecule has 2 amide bonds. The molecule has 0 unspecified atom stereocenters. The molecular weight excluding hydrogens is 393 g/mol. The second-order valence-corrected chi connectivity index (χ2v) is 6.35. The normalized spacial score (nSPS) is 14.6. The smallest absolute Gasteiger partial charge is 0.406 e. The number of aryl methyl sites for hydroxylation is 1. The first-order valence-electron chi connectivity index (χ1n) is 8.78. The van der Waals surface area contributed by atoms with E-state index in [0.717, 1.165) is 12.1 Å². The van der Waals surface area contributed by atoms with E-state index >= 15 is 0 Å². The van der Waals surface area contributed by atoms with Crippen molar-refractivity contribution in [3.63, 3.8) is 0 Å². The number of hydrogen-bond acceptors (Lipinski definition) is 5. The second-order valence-electron chi connectivity index (χ2n) is 6.35. The van der Waals surface area contributed by atoms with Gasteiger partial charge in [0, 0.05) is 24.5 Å². The van der Waals surface area contributed by atoms with Crippen LogP contribution in [0.1, 0.15) is 16.2 Å². The molecule has 3 rings (SSSR count). The summed E-state index contributed by atoms with van der Waals surface area (Å²) >= 11 is 0. The summed E-state index contributed by atoms with van der Waals surface area (Å²) < 4.78 is 46.9. The van der Waals surface area contributed by atoms with Crippen molar-refractivity contribution in [3.8, 4) is 5.75 Å². The number of amides is 2. The minimum Gasteiger partial charge on any atom is -0.406 e. The summed E-state index contributed by atoms with van der Waals surface area (Å²) in [5, 5.41) is 6.76. The first-order valence-corrected chi connectivity index (χ1v) is 8.78. The maximum atomic E-state index is 12.5. The predicted octanol–water partition coefficient (Wildman–Crippen LogP) is 2.20. The number of hydrogen-bond donors (Lipinski definition) is 1. The number of carbonyl (C=O) groups is 2. The number of aromatic nitrogens is 2. The van der Waals surface area contributed by atoms with E-state index in [-0.39, 0.29) is 23.9 Å². The molecule has 156 valence electrons. The van der Waals surface area contributed by atoms with E-state index in [0.29, 0.717) is 37.7 Å². The Balaban J connectivity index is 1.59. The second kappa shape index (κ2) is 8.52. The van der Waals surface area contributed by atoms with Crippen LogP contribution in [0.3, 0.4) is 0 Å². The zero-order valence-electron chi connectivity index (χ0n) is 15.5. The van der Waals surface area contributed by atoms with Crippen LogP contribution < -0.4 is 10.1 Å². The molecular formula is C18H19F3N4O4. The number of ether oxygens (including phenoxy) is 2. The third-order valence-corrected chi connectivity index (χ3v) is 4.16. The third kappa shape index (κ3) is 5.70. The van der Waals surface area contributed by atoms with E-state index < -0.39 is 12.3 Å². The quantitative estimate of drug-likeness (QED) is 0.814. The highest BCUT2D eigenvalue weighted by Gasteiger charge is 2.31. The fourth-order valence-corrected chi connectivity index (χ4v) is 2.78. The molecule has 1 saturated heterocycles. The average molecular weight is 412 g/mol. The van der Waals surface area contributed by atoms with Gasteiger partial charge in [-0.15, -0.1) is 13.2 Å². The molecule has 0 atom stereocenters. The van der Waals surface area contributed by atoms with Crippen molar-refractivity contribution in [3.05, 3.63) is 41.7 Å². The highest BCUT2D eigenvalue weighted by molar-refractivity contribution is 5.93. The molecule has 1 aromatic carbocycles. The molecule has 1 aliphatic heterocycles. The largest absolute Gasteiger partial charge is 0.573 e. The van der Waals surface area contributed by atoms with Gasteiger partial charge in [0.1, 0.15) is 12.3 Å². The number of benzene rings is 1. The summed E-state index contributed by atoms with van der Waals surface area (Å²) in [4.78, 5) is 26.3. The average Bonchev–Trinajstić information content (AvgIpc) is 3.02. The predicted molar refractivity (Wildman–Crippen MR) is 95.4 cm³/mol. The van der Waals surface area contributed by atoms with Crippen LogP contribution in [0.25, 0.3) is 0 Å². The fraction of sp³-hybridized carbons (Fsp3) is 0.389. The fourth-order valence-electron chi connectivity index (χ4n) is 2.78. The number of anilines is 1. The van der Waals surface area contributed by atoms with Gasteiger partial charge in [0.05, 0.1) is 13.2 Å². The molecule has 0 aliphatic carbocycles. The molecule has 11 heteroatoms. The van der Waals surface area contributed by atoms with Crippen molar-refractivity contribution in [1.82, 2.24) is 14.7 Å². The van der Waals surface area contributed by atoms with Crippen molar-refractivity contribution in [1.29, 1.82) is 0 Å². The summed E-state index contributed by atoms with van der Waals surface area (Å²) in [7, 11) is 0. The van der Waals surface area contributed by atoms with Crippen LogP contribution in [0.2, 0.25) is 0 Å². The van der Waals surface area contributed by atoms with Gasteiger partial charge in [0.25, 0.3) is 5.91 Å². The molecule has 0 radical (unpaired) electrons. The molecule has 1 aromatic heterocycles. The number of rotatable bonds is 5. The first-order chi connectivity index (χ1) is 13.7. The van der Waals surface area contributed by atoms with Crippen LogP contribution in [-0.2, 0) is 16.1 Å². The number of nitrogens with zero attached hydrogens (tertiary/aromatic N) is 3. The Kier molecular flexibility index (Phi) is 6.06. The number of carbonyl (C=O) groups excluding carboxylic acids is 2. The Morgan fingerprint density at radius 1 is 1.21 bits per heavy atom.